The lowest BCUT2D eigenvalue weighted by Gasteiger charge is -2.14. The summed E-state index contributed by atoms with van der Waals surface area (Å²) in [4.78, 5) is 31.3. The first-order chi connectivity index (χ1) is 63.9. The van der Waals surface area contributed by atoms with Crippen molar-refractivity contribution in [3.8, 4) is 67.5 Å². The predicted octanol–water partition coefficient (Wildman–Crippen LogP) is 32.9. The zero-order chi connectivity index (χ0) is 84.7. The van der Waals surface area contributed by atoms with Crippen molar-refractivity contribution in [2.75, 3.05) is 0 Å². The second kappa shape index (κ2) is 29.7. The maximum Gasteiger partial charge on any atom is 0.136 e. The molecule has 7 heteroatoms. The Labute approximate surface area is 739 Å². The van der Waals surface area contributed by atoms with E-state index in [9.17, 15) is 0 Å². The first-order valence-electron chi connectivity index (χ1n) is 43.9. The van der Waals surface area contributed by atoms with Gasteiger partial charge in [0, 0.05) is 44.2 Å². The van der Waals surface area contributed by atoms with Gasteiger partial charge in [-0.05, 0) is 230 Å². The van der Waals surface area contributed by atoms with Crippen LogP contribution in [-0.4, -0.2) is 29.9 Å². The second-order valence-corrected chi connectivity index (χ2v) is 33.8. The van der Waals surface area contributed by atoms with Gasteiger partial charge in [-0.3, -0.25) is 0 Å². The minimum atomic E-state index is 0.846. The summed E-state index contributed by atoms with van der Waals surface area (Å²) in [6.07, 6.45) is 0. The van der Waals surface area contributed by atoms with E-state index in [0.717, 1.165) is 123 Å². The Kier molecular flexibility index (Phi) is 16.9. The molecule has 4 heterocycles. The molecule has 0 atom stereocenters. The van der Waals surface area contributed by atoms with Crippen LogP contribution in [0.25, 0.3) is 273 Å². The fourth-order valence-electron chi connectivity index (χ4n) is 20.2. The van der Waals surface area contributed by atoms with Crippen LogP contribution in [0.5, 0.6) is 0 Å². The van der Waals surface area contributed by atoms with Crippen LogP contribution < -0.4 is 0 Å². The molecule has 0 radical (unpaired) electrons. The van der Waals surface area contributed by atoms with Gasteiger partial charge in [-0.15, -0.1) is 0 Å². The highest BCUT2D eigenvalue weighted by atomic mass is 16.3. The van der Waals surface area contributed by atoms with Gasteiger partial charge in [0.15, 0.2) is 0 Å². The van der Waals surface area contributed by atoms with E-state index in [1.807, 2.05) is 97.1 Å². The summed E-state index contributed by atoms with van der Waals surface area (Å²) < 4.78 is 6.26. The summed E-state index contributed by atoms with van der Waals surface area (Å²) in [6.45, 7) is 0. The van der Waals surface area contributed by atoms with E-state index >= 15 is 0 Å². The third kappa shape index (κ3) is 12.3. The Hall–Kier alpha value is -17.3. The molecule has 0 fully saturated rings. The largest absolute Gasteiger partial charge is 0.456 e. The molecule has 28 rings (SSSR count). The SMILES string of the molecule is c1ccc2c(c1)ccc1c2ccc2ccc3cc(-c4nc5ccccc5nc4-c4cccc5oc6ccccc6c45)ccc3c21.c1ccc2cc(-c3nc4ccccc4nc3-c3ccc4c(ccc5ccc6c7ccccc7ccc6c54)c3)ccc2c1.c1ccc2cc(-c3nc4ccccc4nc3-c3ccc4ccc5ccc6c7ccccc7ccc6c5c4c3)ccc2c1. The molecule has 28 aromatic rings. The summed E-state index contributed by atoms with van der Waals surface area (Å²) in [6, 6.07) is 155. The summed E-state index contributed by atoms with van der Waals surface area (Å²) >= 11 is 0. The monoisotopic (exact) mass is 1640 g/mol. The van der Waals surface area contributed by atoms with Crippen molar-refractivity contribution in [1.82, 2.24) is 29.9 Å². The van der Waals surface area contributed by atoms with E-state index in [1.165, 1.54) is 151 Å². The molecule has 0 spiro atoms. The minimum absolute atomic E-state index is 0.846. The number of furan rings is 1. The number of nitrogens with zero attached hydrogens (tertiary/aromatic N) is 6. The molecule has 0 N–H and O–H groups in total. The van der Waals surface area contributed by atoms with E-state index in [4.69, 9.17) is 34.3 Å². The molecule has 4 aromatic heterocycles. The third-order valence-corrected chi connectivity index (χ3v) is 26.4. The molecule has 0 aliphatic carbocycles. The molecule has 0 amide bonds. The van der Waals surface area contributed by atoms with Gasteiger partial charge in [0.1, 0.15) is 11.2 Å². The zero-order valence-electron chi connectivity index (χ0n) is 69.7. The molecular formula is C122H72N6O. The molecule has 0 aliphatic rings. The van der Waals surface area contributed by atoms with Crippen molar-refractivity contribution in [2.24, 2.45) is 0 Å². The van der Waals surface area contributed by atoms with Crippen molar-refractivity contribution < 1.29 is 4.42 Å². The van der Waals surface area contributed by atoms with Crippen LogP contribution >= 0.6 is 0 Å². The molecule has 7 nitrogen and oxygen atoms in total. The highest BCUT2D eigenvalue weighted by Gasteiger charge is 2.24. The normalized spacial score (nSPS) is 11.9. The van der Waals surface area contributed by atoms with Gasteiger partial charge in [-0.25, -0.2) is 29.9 Å². The van der Waals surface area contributed by atoms with Crippen LogP contribution in [-0.2, 0) is 0 Å². The summed E-state index contributed by atoms with van der Waals surface area (Å²) in [5, 5.41) is 37.1. The van der Waals surface area contributed by atoms with Gasteiger partial charge in [0.25, 0.3) is 0 Å². The average molecular weight is 1640 g/mol. The van der Waals surface area contributed by atoms with Gasteiger partial charge in [0.2, 0.25) is 0 Å². The fourth-order valence-corrected chi connectivity index (χ4v) is 20.2. The highest BCUT2D eigenvalue weighted by molar-refractivity contribution is 6.28. The lowest BCUT2D eigenvalue weighted by molar-refractivity contribution is 0.669. The van der Waals surface area contributed by atoms with Crippen molar-refractivity contribution >= 4 is 206 Å². The fraction of sp³-hybridized carbons (Fsp3) is 0. The van der Waals surface area contributed by atoms with Crippen LogP contribution in [0, 0.1) is 0 Å². The Morgan fingerprint density at radius 1 is 0.132 bits per heavy atom. The Bertz CT molecular complexity index is 9620. The van der Waals surface area contributed by atoms with E-state index in [0.29, 0.717) is 0 Å². The maximum absolute atomic E-state index is 6.26. The molecule has 0 saturated carbocycles. The molecule has 0 bridgehead atoms. The smallest absolute Gasteiger partial charge is 0.136 e. The first kappa shape index (κ1) is 73.3. The number of aromatic nitrogens is 6. The number of para-hydroxylation sites is 7. The summed E-state index contributed by atoms with van der Waals surface area (Å²) in [7, 11) is 0. The van der Waals surface area contributed by atoms with Gasteiger partial charge < -0.3 is 4.42 Å². The lowest BCUT2D eigenvalue weighted by Crippen LogP contribution is -1.96. The van der Waals surface area contributed by atoms with Crippen LogP contribution in [0.3, 0.4) is 0 Å². The van der Waals surface area contributed by atoms with Gasteiger partial charge in [0.05, 0.1) is 67.3 Å². The Morgan fingerprint density at radius 3 is 0.829 bits per heavy atom. The average Bonchev–Trinajstić information content (AvgIpc) is 1.46. The Balaban J connectivity index is 0.000000102. The summed E-state index contributed by atoms with van der Waals surface area (Å²) in [5.74, 6) is 0. The molecule has 0 unspecified atom stereocenters. The van der Waals surface area contributed by atoms with Crippen molar-refractivity contribution in [3.05, 3.63) is 437 Å². The maximum atomic E-state index is 6.26. The number of hydrogen-bond donors (Lipinski definition) is 0. The van der Waals surface area contributed by atoms with Crippen molar-refractivity contribution in [3.63, 3.8) is 0 Å². The van der Waals surface area contributed by atoms with E-state index in [2.05, 4.69) is 340 Å². The van der Waals surface area contributed by atoms with E-state index in [-0.39, 0.29) is 0 Å². The van der Waals surface area contributed by atoms with Crippen LogP contribution in [0.4, 0.5) is 0 Å². The van der Waals surface area contributed by atoms with Crippen LogP contribution in [0.1, 0.15) is 0 Å². The van der Waals surface area contributed by atoms with Crippen molar-refractivity contribution in [1.29, 1.82) is 0 Å². The zero-order valence-corrected chi connectivity index (χ0v) is 69.7. The van der Waals surface area contributed by atoms with Gasteiger partial charge >= 0.3 is 0 Å². The summed E-state index contributed by atoms with van der Waals surface area (Å²) in [5.41, 5.74) is 18.7. The van der Waals surface area contributed by atoms with Gasteiger partial charge in [-0.1, -0.05) is 358 Å². The number of fused-ring (bicyclic) bond motifs is 29. The topological polar surface area (TPSA) is 90.5 Å². The lowest BCUT2D eigenvalue weighted by atomic mass is 9.92. The van der Waals surface area contributed by atoms with Crippen LogP contribution in [0.2, 0.25) is 0 Å². The van der Waals surface area contributed by atoms with E-state index in [1.54, 1.807) is 0 Å². The molecule has 596 valence electrons. The molecule has 129 heavy (non-hydrogen) atoms. The molecule has 0 aliphatic heterocycles. The van der Waals surface area contributed by atoms with Crippen LogP contribution in [0.15, 0.2) is 441 Å². The number of rotatable bonds is 6. The number of benzene rings is 24. The minimum Gasteiger partial charge on any atom is -0.456 e. The third-order valence-electron chi connectivity index (χ3n) is 26.4. The first-order valence-corrected chi connectivity index (χ1v) is 43.9. The predicted molar refractivity (Wildman–Crippen MR) is 544 cm³/mol. The number of hydrogen-bond acceptors (Lipinski definition) is 7. The highest BCUT2D eigenvalue weighted by Crippen LogP contribution is 2.46. The van der Waals surface area contributed by atoms with Crippen molar-refractivity contribution in [2.45, 2.75) is 0 Å². The van der Waals surface area contributed by atoms with Gasteiger partial charge in [-0.2, -0.15) is 0 Å². The molecule has 24 aromatic carbocycles. The standard InChI is InChI=1S/C42H24N2O.2C40H24N2/c1-2-9-29-25(8-1)18-23-32-31(29)22-19-26-16-17-27-24-28(20-21-30(27)39(26)32)41-42(44-36-13-5-4-12-35(36)43-41)34-11-7-15-38-40(34)33-10-3-6-14-37(33)45-38;1-2-9-29-23-30(17-13-25(29)7-1)39-40(42-37-12-6-5-11-36(37)41-39)31-18-15-27-14-16-28-20-21-33-32-10-4-3-8-26(32)19-22-34(33)38(28)35(27)24-31;1-2-9-28-23-30(16-13-25(28)7-1)39-40(42-37-12-6-5-11-36(37)41-39)31-19-20-33-29(24-31)15-14-27-18-21-34-32-10-4-3-8-26(32)17-22-35(34)38(27)33/h1-24H;2*1-24H. The quantitative estimate of drug-likeness (QED) is 0.153. The second-order valence-electron chi connectivity index (χ2n) is 33.8. The molecule has 0 saturated heterocycles. The van der Waals surface area contributed by atoms with E-state index < -0.39 is 0 Å². The Morgan fingerprint density at radius 2 is 0.395 bits per heavy atom. The molecular weight excluding hydrogens is 1570 g/mol.